The highest BCUT2D eigenvalue weighted by Crippen LogP contribution is 2.14. The van der Waals surface area contributed by atoms with Crippen LogP contribution in [-0.2, 0) is 0 Å². The second kappa shape index (κ2) is 41.7. The molecule has 0 rings (SSSR count). The van der Waals surface area contributed by atoms with Crippen molar-refractivity contribution in [2.24, 2.45) is 0 Å². The molecule has 286 valence electrons. The van der Waals surface area contributed by atoms with Crippen molar-refractivity contribution in [3.05, 3.63) is 0 Å². The number of hydrogen-bond acceptors (Lipinski definition) is 2. The SMILES string of the molecule is CCCCCCCCCCCCNC(=O)NCCCCCCCCCCCCCCCCNC(=O)NCCCCCCCCCCCC. The third-order valence-electron chi connectivity index (χ3n) is 9.81. The molecular weight excluding hydrogens is 592 g/mol. The number of rotatable bonds is 39. The first-order valence-electron chi connectivity index (χ1n) is 21.7. The second-order valence-corrected chi connectivity index (χ2v) is 14.7. The summed E-state index contributed by atoms with van der Waals surface area (Å²) in [5, 5.41) is 12.1. The zero-order valence-electron chi connectivity index (χ0n) is 32.7. The Balaban J connectivity index is 3.19. The van der Waals surface area contributed by atoms with E-state index in [-0.39, 0.29) is 12.1 Å². The van der Waals surface area contributed by atoms with E-state index >= 15 is 0 Å². The highest BCUT2D eigenvalue weighted by Gasteiger charge is 2.01. The van der Waals surface area contributed by atoms with Crippen LogP contribution in [0.1, 0.15) is 232 Å². The van der Waals surface area contributed by atoms with E-state index in [1.807, 2.05) is 0 Å². The van der Waals surface area contributed by atoms with Crippen molar-refractivity contribution >= 4 is 12.1 Å². The average molecular weight is 679 g/mol. The van der Waals surface area contributed by atoms with Gasteiger partial charge < -0.3 is 21.3 Å². The van der Waals surface area contributed by atoms with Crippen molar-refractivity contribution in [1.82, 2.24) is 21.3 Å². The predicted molar refractivity (Wildman–Crippen MR) is 211 cm³/mol. The van der Waals surface area contributed by atoms with Crippen LogP contribution in [0.2, 0.25) is 0 Å². The fourth-order valence-electron chi connectivity index (χ4n) is 6.53. The molecule has 6 heteroatoms. The molecule has 0 fully saturated rings. The third kappa shape index (κ3) is 40.7. The molecule has 0 spiro atoms. The molecule has 0 saturated carbocycles. The highest BCUT2D eigenvalue weighted by atomic mass is 16.2. The van der Waals surface area contributed by atoms with Gasteiger partial charge in [0, 0.05) is 26.2 Å². The summed E-state index contributed by atoms with van der Waals surface area (Å²) in [5.74, 6) is 0. The van der Waals surface area contributed by atoms with Gasteiger partial charge in [0.2, 0.25) is 0 Å². The van der Waals surface area contributed by atoms with Gasteiger partial charge in [0.15, 0.2) is 0 Å². The zero-order chi connectivity index (χ0) is 34.9. The Morgan fingerprint density at radius 3 is 0.562 bits per heavy atom. The van der Waals surface area contributed by atoms with Gasteiger partial charge in [0.05, 0.1) is 0 Å². The monoisotopic (exact) mass is 679 g/mol. The van der Waals surface area contributed by atoms with Crippen LogP contribution in [-0.4, -0.2) is 38.2 Å². The van der Waals surface area contributed by atoms with E-state index in [1.54, 1.807) is 0 Å². The molecule has 0 atom stereocenters. The number of amides is 4. The normalized spacial score (nSPS) is 11.1. The Labute approximate surface area is 300 Å². The van der Waals surface area contributed by atoms with Crippen LogP contribution in [0.5, 0.6) is 0 Å². The van der Waals surface area contributed by atoms with Gasteiger partial charge >= 0.3 is 12.1 Å². The number of unbranched alkanes of at least 4 members (excludes halogenated alkanes) is 31. The zero-order valence-corrected chi connectivity index (χ0v) is 32.7. The van der Waals surface area contributed by atoms with Crippen LogP contribution in [0.15, 0.2) is 0 Å². The maximum Gasteiger partial charge on any atom is 0.314 e. The van der Waals surface area contributed by atoms with Crippen LogP contribution in [0.4, 0.5) is 9.59 Å². The topological polar surface area (TPSA) is 82.3 Å². The Morgan fingerprint density at radius 2 is 0.396 bits per heavy atom. The van der Waals surface area contributed by atoms with Gasteiger partial charge in [-0.3, -0.25) is 0 Å². The molecule has 48 heavy (non-hydrogen) atoms. The summed E-state index contributed by atoms with van der Waals surface area (Å²) in [6.45, 7) is 7.76. The van der Waals surface area contributed by atoms with Crippen molar-refractivity contribution in [2.45, 2.75) is 232 Å². The lowest BCUT2D eigenvalue weighted by Gasteiger charge is -2.08. The molecule has 0 heterocycles. The molecule has 0 saturated heterocycles. The average Bonchev–Trinajstić information content (AvgIpc) is 3.09. The smallest absolute Gasteiger partial charge is 0.314 e. The van der Waals surface area contributed by atoms with Gasteiger partial charge in [-0.25, -0.2) is 9.59 Å². The minimum absolute atomic E-state index is 0.0113. The molecule has 4 amide bonds. The maximum absolute atomic E-state index is 11.9. The number of carbonyl (C=O) groups is 2. The molecule has 0 aromatic carbocycles. The van der Waals surface area contributed by atoms with E-state index < -0.39 is 0 Å². The van der Waals surface area contributed by atoms with E-state index in [2.05, 4.69) is 35.1 Å². The Hall–Kier alpha value is -1.46. The largest absolute Gasteiger partial charge is 0.338 e. The molecule has 0 aromatic heterocycles. The quantitative estimate of drug-likeness (QED) is 0.0488. The summed E-state index contributed by atoms with van der Waals surface area (Å²) in [6, 6.07) is 0.0226. The first-order valence-corrected chi connectivity index (χ1v) is 21.7. The standard InChI is InChI=1S/C42H86N4O2/c1-3-5-7-9-11-13-21-25-29-33-37-43-41(47)45-39-35-31-27-23-19-17-15-16-18-20-24-28-32-36-40-46-42(48)44-38-34-30-26-22-14-12-10-8-6-4-2/h3-40H2,1-2H3,(H2,43,45,47)(H2,44,46,48). The summed E-state index contributed by atoms with van der Waals surface area (Å²) in [6.07, 6.45) is 44.6. The first kappa shape index (κ1) is 46.5. The minimum atomic E-state index is 0.0113. The van der Waals surface area contributed by atoms with Gasteiger partial charge in [-0.2, -0.15) is 0 Å². The van der Waals surface area contributed by atoms with E-state index in [0.717, 1.165) is 51.9 Å². The van der Waals surface area contributed by atoms with Crippen molar-refractivity contribution < 1.29 is 9.59 Å². The second-order valence-electron chi connectivity index (χ2n) is 14.7. The fraction of sp³-hybridized carbons (Fsp3) is 0.952. The van der Waals surface area contributed by atoms with Crippen molar-refractivity contribution in [3.63, 3.8) is 0 Å². The Kier molecular flexibility index (Phi) is 40.4. The van der Waals surface area contributed by atoms with Crippen molar-refractivity contribution in [1.29, 1.82) is 0 Å². The lowest BCUT2D eigenvalue weighted by molar-refractivity contribution is 0.239. The molecule has 0 aliphatic rings. The number of hydrogen-bond donors (Lipinski definition) is 4. The molecule has 4 N–H and O–H groups in total. The molecule has 0 bridgehead atoms. The molecule has 0 aliphatic carbocycles. The summed E-state index contributed by atoms with van der Waals surface area (Å²) in [5.41, 5.74) is 0. The number of carbonyl (C=O) groups excluding carboxylic acids is 2. The van der Waals surface area contributed by atoms with E-state index in [9.17, 15) is 9.59 Å². The van der Waals surface area contributed by atoms with E-state index in [4.69, 9.17) is 0 Å². The van der Waals surface area contributed by atoms with Crippen LogP contribution in [0.3, 0.4) is 0 Å². The van der Waals surface area contributed by atoms with E-state index in [0.29, 0.717) is 0 Å². The molecule has 6 nitrogen and oxygen atoms in total. The maximum atomic E-state index is 11.9. The highest BCUT2D eigenvalue weighted by molar-refractivity contribution is 5.74. The van der Waals surface area contributed by atoms with Crippen LogP contribution >= 0.6 is 0 Å². The van der Waals surface area contributed by atoms with Crippen LogP contribution in [0, 0.1) is 0 Å². The third-order valence-corrected chi connectivity index (χ3v) is 9.81. The lowest BCUT2D eigenvalue weighted by atomic mass is 10.0. The van der Waals surface area contributed by atoms with E-state index in [1.165, 1.54) is 193 Å². The molecular formula is C42H86N4O2. The van der Waals surface area contributed by atoms with Gasteiger partial charge in [0.1, 0.15) is 0 Å². The summed E-state index contributed by atoms with van der Waals surface area (Å²) >= 11 is 0. The Bertz CT molecular complexity index is 591. The van der Waals surface area contributed by atoms with Gasteiger partial charge in [-0.05, 0) is 25.7 Å². The van der Waals surface area contributed by atoms with Crippen molar-refractivity contribution in [3.8, 4) is 0 Å². The molecule has 0 aliphatic heterocycles. The number of urea groups is 2. The van der Waals surface area contributed by atoms with Gasteiger partial charge in [-0.1, -0.05) is 206 Å². The summed E-state index contributed by atoms with van der Waals surface area (Å²) < 4.78 is 0. The minimum Gasteiger partial charge on any atom is -0.338 e. The summed E-state index contributed by atoms with van der Waals surface area (Å²) in [7, 11) is 0. The van der Waals surface area contributed by atoms with Crippen LogP contribution < -0.4 is 21.3 Å². The first-order chi connectivity index (χ1) is 23.7. The summed E-state index contributed by atoms with van der Waals surface area (Å²) in [4.78, 5) is 23.9. The lowest BCUT2D eigenvalue weighted by Crippen LogP contribution is -2.36. The number of nitrogens with one attached hydrogen (secondary N) is 4. The fourth-order valence-corrected chi connectivity index (χ4v) is 6.53. The van der Waals surface area contributed by atoms with Crippen molar-refractivity contribution in [2.75, 3.05) is 26.2 Å². The Morgan fingerprint density at radius 1 is 0.250 bits per heavy atom. The molecule has 0 unspecified atom stereocenters. The molecule has 0 radical (unpaired) electrons. The van der Waals surface area contributed by atoms with Crippen LogP contribution in [0.25, 0.3) is 0 Å². The van der Waals surface area contributed by atoms with Gasteiger partial charge in [-0.15, -0.1) is 0 Å². The molecule has 0 aromatic rings. The predicted octanol–water partition coefficient (Wildman–Crippen LogP) is 12.9. The van der Waals surface area contributed by atoms with Gasteiger partial charge in [0.25, 0.3) is 0 Å².